The molecule has 0 bridgehead atoms. The van der Waals surface area contributed by atoms with Gasteiger partial charge in [-0.2, -0.15) is 5.26 Å². The van der Waals surface area contributed by atoms with Crippen LogP contribution < -0.4 is 4.74 Å². The molecule has 0 aliphatic carbocycles. The Morgan fingerprint density at radius 3 is 2.73 bits per heavy atom. The first-order chi connectivity index (χ1) is 12.7. The summed E-state index contributed by atoms with van der Waals surface area (Å²) in [7, 11) is 1.53. The number of aromatic nitrogens is 1. The fourth-order valence-electron chi connectivity index (χ4n) is 3.16. The highest BCUT2D eigenvalue weighted by Gasteiger charge is 2.23. The molecule has 0 saturated carbocycles. The number of rotatable bonds is 4. The molecular formula is C20H22N4O2. The zero-order valence-electron chi connectivity index (χ0n) is 14.9. The van der Waals surface area contributed by atoms with Crippen molar-refractivity contribution in [1.29, 1.82) is 5.26 Å². The third kappa shape index (κ3) is 4.19. The van der Waals surface area contributed by atoms with Gasteiger partial charge in [0.25, 0.3) is 5.91 Å². The molecule has 1 aliphatic rings. The van der Waals surface area contributed by atoms with E-state index >= 15 is 0 Å². The highest BCUT2D eigenvalue weighted by Crippen LogP contribution is 2.18. The number of pyridine rings is 1. The Morgan fingerprint density at radius 1 is 1.19 bits per heavy atom. The minimum absolute atomic E-state index is 0.0322. The highest BCUT2D eigenvalue weighted by atomic mass is 16.5. The van der Waals surface area contributed by atoms with Gasteiger partial charge in [0.1, 0.15) is 5.56 Å². The predicted octanol–water partition coefficient (Wildman–Crippen LogP) is 2.31. The maximum Gasteiger partial charge on any atom is 0.259 e. The summed E-state index contributed by atoms with van der Waals surface area (Å²) in [6.45, 7) is 3.97. The topological polar surface area (TPSA) is 69.5 Å². The Balaban J connectivity index is 1.62. The molecule has 2 aromatic rings. The van der Waals surface area contributed by atoms with Gasteiger partial charge < -0.3 is 9.64 Å². The number of hydrogen-bond donors (Lipinski definition) is 0. The van der Waals surface area contributed by atoms with Crippen LogP contribution in [-0.2, 0) is 6.54 Å². The Morgan fingerprint density at radius 2 is 2.00 bits per heavy atom. The Bertz CT molecular complexity index is 798. The molecule has 2 heterocycles. The van der Waals surface area contributed by atoms with Crippen molar-refractivity contribution in [2.75, 3.05) is 33.3 Å². The fraction of sp³-hybridized carbons (Fsp3) is 0.350. The molecule has 0 radical (unpaired) electrons. The molecule has 6 heteroatoms. The van der Waals surface area contributed by atoms with Gasteiger partial charge in [-0.1, -0.05) is 12.1 Å². The van der Waals surface area contributed by atoms with Crippen LogP contribution in [0.5, 0.6) is 5.88 Å². The molecule has 6 nitrogen and oxygen atoms in total. The Kier molecular flexibility index (Phi) is 5.82. The highest BCUT2D eigenvalue weighted by molar-refractivity contribution is 5.96. The summed E-state index contributed by atoms with van der Waals surface area (Å²) in [6.07, 6.45) is 2.54. The molecule has 0 atom stereocenters. The van der Waals surface area contributed by atoms with Gasteiger partial charge in [-0.3, -0.25) is 9.69 Å². The molecule has 134 valence electrons. The van der Waals surface area contributed by atoms with Gasteiger partial charge in [-0.05, 0) is 36.2 Å². The van der Waals surface area contributed by atoms with Crippen LogP contribution in [0.2, 0.25) is 0 Å². The van der Waals surface area contributed by atoms with Crippen LogP contribution in [0.4, 0.5) is 0 Å². The van der Waals surface area contributed by atoms with E-state index < -0.39 is 0 Å². The van der Waals surface area contributed by atoms with Crippen molar-refractivity contribution in [3.63, 3.8) is 0 Å². The van der Waals surface area contributed by atoms with Crippen molar-refractivity contribution >= 4 is 5.91 Å². The van der Waals surface area contributed by atoms with E-state index in [2.05, 4.69) is 16.0 Å². The molecule has 1 amide bonds. The van der Waals surface area contributed by atoms with E-state index in [0.717, 1.165) is 32.6 Å². The first kappa shape index (κ1) is 17.9. The van der Waals surface area contributed by atoms with E-state index in [9.17, 15) is 4.79 Å². The second kappa shape index (κ2) is 8.45. The van der Waals surface area contributed by atoms with Gasteiger partial charge in [0.15, 0.2) is 0 Å². The third-order valence-corrected chi connectivity index (χ3v) is 4.56. The third-order valence-electron chi connectivity index (χ3n) is 4.56. The number of benzene rings is 1. The Labute approximate surface area is 153 Å². The number of carbonyl (C=O) groups is 1. The summed E-state index contributed by atoms with van der Waals surface area (Å²) >= 11 is 0. The van der Waals surface area contributed by atoms with Crippen molar-refractivity contribution in [1.82, 2.24) is 14.8 Å². The molecule has 0 N–H and O–H groups in total. The van der Waals surface area contributed by atoms with Gasteiger partial charge in [-0.25, -0.2) is 4.98 Å². The van der Waals surface area contributed by atoms with Crippen LogP contribution in [0.3, 0.4) is 0 Å². The average Bonchev–Trinajstić information content (AvgIpc) is 2.93. The van der Waals surface area contributed by atoms with Gasteiger partial charge in [-0.15, -0.1) is 0 Å². The Hall–Kier alpha value is -2.91. The molecule has 1 aliphatic heterocycles. The van der Waals surface area contributed by atoms with Crippen LogP contribution in [0, 0.1) is 11.3 Å². The molecular weight excluding hydrogens is 328 g/mol. The summed E-state index contributed by atoms with van der Waals surface area (Å²) in [4.78, 5) is 21.2. The van der Waals surface area contributed by atoms with E-state index in [4.69, 9.17) is 10.00 Å². The lowest BCUT2D eigenvalue weighted by Gasteiger charge is -2.22. The van der Waals surface area contributed by atoms with Crippen molar-refractivity contribution in [2.24, 2.45) is 0 Å². The quantitative estimate of drug-likeness (QED) is 0.846. The molecule has 0 spiro atoms. The van der Waals surface area contributed by atoms with Crippen molar-refractivity contribution in [3.8, 4) is 11.9 Å². The SMILES string of the molecule is COc1ncccc1C(=O)N1CCCN(Cc2ccc(C#N)cc2)CC1. The summed E-state index contributed by atoms with van der Waals surface area (Å²) in [6, 6.07) is 13.3. The minimum Gasteiger partial charge on any atom is -0.480 e. The number of methoxy groups -OCH3 is 1. The summed E-state index contributed by atoms with van der Waals surface area (Å²) < 4.78 is 5.22. The van der Waals surface area contributed by atoms with E-state index in [-0.39, 0.29) is 5.91 Å². The summed E-state index contributed by atoms with van der Waals surface area (Å²) in [5.74, 6) is 0.339. The lowest BCUT2D eigenvalue weighted by atomic mass is 10.1. The van der Waals surface area contributed by atoms with E-state index in [1.165, 1.54) is 12.7 Å². The first-order valence-corrected chi connectivity index (χ1v) is 8.71. The molecule has 0 unspecified atom stereocenters. The molecule has 26 heavy (non-hydrogen) atoms. The number of amides is 1. The normalized spacial score (nSPS) is 15.2. The van der Waals surface area contributed by atoms with E-state index in [1.807, 2.05) is 29.2 Å². The fourth-order valence-corrected chi connectivity index (χ4v) is 3.16. The van der Waals surface area contributed by atoms with Crippen LogP contribution in [-0.4, -0.2) is 54.0 Å². The average molecular weight is 350 g/mol. The lowest BCUT2D eigenvalue weighted by molar-refractivity contribution is 0.0757. The number of ether oxygens (including phenoxy) is 1. The van der Waals surface area contributed by atoms with Gasteiger partial charge in [0, 0.05) is 38.9 Å². The summed E-state index contributed by atoms with van der Waals surface area (Å²) in [5, 5.41) is 8.89. The number of hydrogen-bond acceptors (Lipinski definition) is 5. The number of nitrogens with zero attached hydrogens (tertiary/aromatic N) is 4. The van der Waals surface area contributed by atoms with Gasteiger partial charge in [0.05, 0.1) is 18.7 Å². The monoisotopic (exact) mass is 350 g/mol. The molecule has 1 fully saturated rings. The number of carbonyl (C=O) groups excluding carboxylic acids is 1. The predicted molar refractivity (Wildman–Crippen MR) is 97.7 cm³/mol. The zero-order valence-corrected chi connectivity index (χ0v) is 14.9. The van der Waals surface area contributed by atoms with Gasteiger partial charge >= 0.3 is 0 Å². The van der Waals surface area contributed by atoms with Crippen molar-refractivity contribution < 1.29 is 9.53 Å². The van der Waals surface area contributed by atoms with Crippen molar-refractivity contribution in [2.45, 2.75) is 13.0 Å². The summed E-state index contributed by atoms with van der Waals surface area (Å²) in [5.41, 5.74) is 2.36. The second-order valence-corrected chi connectivity index (χ2v) is 6.29. The maximum absolute atomic E-state index is 12.8. The van der Waals surface area contributed by atoms with E-state index in [0.29, 0.717) is 23.6 Å². The van der Waals surface area contributed by atoms with Crippen molar-refractivity contribution in [3.05, 3.63) is 59.3 Å². The smallest absolute Gasteiger partial charge is 0.259 e. The van der Waals surface area contributed by atoms with Crippen LogP contribution in [0.25, 0.3) is 0 Å². The zero-order chi connectivity index (χ0) is 18.4. The molecule has 1 aromatic heterocycles. The van der Waals surface area contributed by atoms with Gasteiger partial charge in [0.2, 0.25) is 5.88 Å². The molecule has 3 rings (SSSR count). The minimum atomic E-state index is -0.0322. The second-order valence-electron chi connectivity index (χ2n) is 6.29. The first-order valence-electron chi connectivity index (χ1n) is 8.71. The molecule has 1 aromatic carbocycles. The molecule has 1 saturated heterocycles. The maximum atomic E-state index is 12.8. The van der Waals surface area contributed by atoms with Crippen LogP contribution >= 0.6 is 0 Å². The largest absolute Gasteiger partial charge is 0.480 e. The van der Waals surface area contributed by atoms with E-state index in [1.54, 1.807) is 18.3 Å². The van der Waals surface area contributed by atoms with Crippen LogP contribution in [0.15, 0.2) is 42.6 Å². The number of nitriles is 1. The van der Waals surface area contributed by atoms with Crippen LogP contribution in [0.1, 0.15) is 27.9 Å². The lowest BCUT2D eigenvalue weighted by Crippen LogP contribution is -2.35. The standard InChI is InChI=1S/C20H22N4O2/c1-26-19-18(4-2-9-22-19)20(25)24-11-3-10-23(12-13-24)15-17-7-5-16(14-21)6-8-17/h2,4-9H,3,10-13,15H2,1H3.